The topological polar surface area (TPSA) is 46.3 Å². The predicted octanol–water partition coefficient (Wildman–Crippen LogP) is 1.84. The molecule has 2 rings (SSSR count). The SMILES string of the molecule is Cc1cc2ocnc2cc1O. The number of aryl methyl sites for hydroxylation is 1. The van der Waals surface area contributed by atoms with Gasteiger partial charge in [-0.2, -0.15) is 0 Å². The normalized spacial score (nSPS) is 10.6. The van der Waals surface area contributed by atoms with Crippen molar-refractivity contribution >= 4 is 11.1 Å². The van der Waals surface area contributed by atoms with Gasteiger partial charge in [-0.1, -0.05) is 0 Å². The van der Waals surface area contributed by atoms with Crippen molar-refractivity contribution in [2.24, 2.45) is 0 Å². The maximum Gasteiger partial charge on any atom is 0.181 e. The highest BCUT2D eigenvalue weighted by atomic mass is 16.3. The Hall–Kier alpha value is -1.51. The van der Waals surface area contributed by atoms with Gasteiger partial charge in [-0.3, -0.25) is 0 Å². The van der Waals surface area contributed by atoms with Crippen LogP contribution in [0.25, 0.3) is 11.1 Å². The molecule has 0 saturated carbocycles. The molecule has 56 valence electrons. The quantitative estimate of drug-likeness (QED) is 0.621. The molecule has 0 bridgehead atoms. The Morgan fingerprint density at radius 1 is 1.45 bits per heavy atom. The van der Waals surface area contributed by atoms with Crippen LogP contribution in [0.1, 0.15) is 5.56 Å². The van der Waals surface area contributed by atoms with Crippen molar-refractivity contribution in [3.05, 3.63) is 24.1 Å². The molecule has 1 aromatic carbocycles. The van der Waals surface area contributed by atoms with Crippen LogP contribution in [0.3, 0.4) is 0 Å². The van der Waals surface area contributed by atoms with Crippen LogP contribution in [0.15, 0.2) is 22.9 Å². The Bertz CT molecular complexity index is 356. The number of hydrogen-bond acceptors (Lipinski definition) is 3. The lowest BCUT2D eigenvalue weighted by Crippen LogP contribution is -1.74. The fraction of sp³-hybridized carbons (Fsp3) is 0.125. The van der Waals surface area contributed by atoms with E-state index in [0.29, 0.717) is 11.1 Å². The number of phenols is 1. The number of phenolic OH excluding ortho intramolecular Hbond substituents is 1. The highest BCUT2D eigenvalue weighted by Crippen LogP contribution is 2.22. The molecule has 0 spiro atoms. The second-order valence-corrected chi connectivity index (χ2v) is 2.46. The van der Waals surface area contributed by atoms with Crippen LogP contribution in [-0.4, -0.2) is 10.1 Å². The second-order valence-electron chi connectivity index (χ2n) is 2.46. The molecule has 11 heavy (non-hydrogen) atoms. The monoisotopic (exact) mass is 149 g/mol. The van der Waals surface area contributed by atoms with Crippen molar-refractivity contribution < 1.29 is 9.52 Å². The van der Waals surface area contributed by atoms with E-state index in [4.69, 9.17) is 4.42 Å². The third-order valence-electron chi connectivity index (χ3n) is 1.65. The molecule has 0 fully saturated rings. The van der Waals surface area contributed by atoms with Gasteiger partial charge in [-0.05, 0) is 18.6 Å². The van der Waals surface area contributed by atoms with E-state index in [1.807, 2.05) is 6.92 Å². The summed E-state index contributed by atoms with van der Waals surface area (Å²) in [5, 5.41) is 9.25. The third kappa shape index (κ3) is 0.852. The van der Waals surface area contributed by atoms with Crippen LogP contribution in [0.5, 0.6) is 5.75 Å². The summed E-state index contributed by atoms with van der Waals surface area (Å²) in [6, 6.07) is 3.35. The highest BCUT2D eigenvalue weighted by molar-refractivity contribution is 5.75. The summed E-state index contributed by atoms with van der Waals surface area (Å²) in [5.74, 6) is 0.256. The summed E-state index contributed by atoms with van der Waals surface area (Å²) in [5.41, 5.74) is 2.20. The Morgan fingerprint density at radius 3 is 3.09 bits per heavy atom. The van der Waals surface area contributed by atoms with Crippen molar-refractivity contribution in [3.8, 4) is 5.75 Å². The first kappa shape index (κ1) is 6.22. The molecule has 0 aliphatic heterocycles. The van der Waals surface area contributed by atoms with E-state index in [1.165, 1.54) is 6.39 Å². The fourth-order valence-electron chi connectivity index (χ4n) is 0.994. The maximum atomic E-state index is 9.25. The molecular weight excluding hydrogens is 142 g/mol. The number of hydrogen-bond donors (Lipinski definition) is 1. The Kier molecular flexibility index (Phi) is 1.12. The number of aromatic nitrogens is 1. The Balaban J connectivity index is 2.86. The molecule has 3 heteroatoms. The lowest BCUT2D eigenvalue weighted by molar-refractivity contribution is 0.471. The largest absolute Gasteiger partial charge is 0.508 e. The maximum absolute atomic E-state index is 9.25. The van der Waals surface area contributed by atoms with Gasteiger partial charge < -0.3 is 9.52 Å². The summed E-state index contributed by atoms with van der Waals surface area (Å²) in [7, 11) is 0. The summed E-state index contributed by atoms with van der Waals surface area (Å²) >= 11 is 0. The Morgan fingerprint density at radius 2 is 2.27 bits per heavy atom. The molecule has 0 saturated heterocycles. The summed E-state index contributed by atoms with van der Waals surface area (Å²) in [6.45, 7) is 1.82. The van der Waals surface area contributed by atoms with Crippen molar-refractivity contribution in [2.45, 2.75) is 6.92 Å². The lowest BCUT2D eigenvalue weighted by atomic mass is 10.2. The fourth-order valence-corrected chi connectivity index (χ4v) is 0.994. The highest BCUT2D eigenvalue weighted by Gasteiger charge is 2.01. The minimum atomic E-state index is 0.256. The average molecular weight is 149 g/mol. The van der Waals surface area contributed by atoms with Crippen LogP contribution in [0.2, 0.25) is 0 Å². The number of nitrogens with zero attached hydrogens (tertiary/aromatic N) is 1. The molecule has 0 aliphatic rings. The first-order chi connectivity index (χ1) is 5.27. The Labute approximate surface area is 63.3 Å². The van der Waals surface area contributed by atoms with Gasteiger partial charge in [0.15, 0.2) is 12.0 Å². The van der Waals surface area contributed by atoms with E-state index in [2.05, 4.69) is 4.98 Å². The summed E-state index contributed by atoms with van der Waals surface area (Å²) in [4.78, 5) is 3.89. The van der Waals surface area contributed by atoms with E-state index in [9.17, 15) is 5.11 Å². The van der Waals surface area contributed by atoms with E-state index >= 15 is 0 Å². The van der Waals surface area contributed by atoms with Gasteiger partial charge in [-0.15, -0.1) is 0 Å². The number of fused-ring (bicyclic) bond motifs is 1. The molecule has 0 amide bonds. The molecule has 0 atom stereocenters. The lowest BCUT2D eigenvalue weighted by Gasteiger charge is -1.94. The van der Waals surface area contributed by atoms with Gasteiger partial charge in [0, 0.05) is 6.07 Å². The van der Waals surface area contributed by atoms with Gasteiger partial charge in [0.1, 0.15) is 11.3 Å². The first-order valence-corrected chi connectivity index (χ1v) is 3.30. The zero-order chi connectivity index (χ0) is 7.84. The minimum absolute atomic E-state index is 0.256. The number of oxazole rings is 1. The van der Waals surface area contributed by atoms with Gasteiger partial charge in [-0.25, -0.2) is 4.98 Å². The van der Waals surface area contributed by atoms with Crippen LogP contribution in [0.4, 0.5) is 0 Å². The van der Waals surface area contributed by atoms with E-state index in [-0.39, 0.29) is 5.75 Å². The first-order valence-electron chi connectivity index (χ1n) is 3.30. The molecule has 0 aliphatic carbocycles. The van der Waals surface area contributed by atoms with Crippen molar-refractivity contribution in [1.82, 2.24) is 4.98 Å². The van der Waals surface area contributed by atoms with Crippen LogP contribution >= 0.6 is 0 Å². The smallest absolute Gasteiger partial charge is 0.181 e. The van der Waals surface area contributed by atoms with Crippen molar-refractivity contribution in [2.75, 3.05) is 0 Å². The molecule has 3 nitrogen and oxygen atoms in total. The average Bonchev–Trinajstić information content (AvgIpc) is 2.36. The number of aromatic hydroxyl groups is 1. The molecule has 1 heterocycles. The van der Waals surface area contributed by atoms with E-state index in [0.717, 1.165) is 5.56 Å². The molecule has 0 unspecified atom stereocenters. The predicted molar refractivity (Wildman–Crippen MR) is 40.4 cm³/mol. The third-order valence-corrected chi connectivity index (χ3v) is 1.65. The van der Waals surface area contributed by atoms with Crippen LogP contribution in [0, 0.1) is 6.92 Å². The molecule has 2 aromatic rings. The minimum Gasteiger partial charge on any atom is -0.508 e. The van der Waals surface area contributed by atoms with Gasteiger partial charge in [0.25, 0.3) is 0 Å². The second kappa shape index (κ2) is 1.99. The zero-order valence-electron chi connectivity index (χ0n) is 6.03. The van der Waals surface area contributed by atoms with Crippen molar-refractivity contribution in [1.29, 1.82) is 0 Å². The van der Waals surface area contributed by atoms with Gasteiger partial charge in [0.2, 0.25) is 0 Å². The number of rotatable bonds is 0. The van der Waals surface area contributed by atoms with Crippen LogP contribution < -0.4 is 0 Å². The van der Waals surface area contributed by atoms with E-state index in [1.54, 1.807) is 12.1 Å². The molecule has 1 N–H and O–H groups in total. The summed E-state index contributed by atoms with van der Waals surface area (Å²) in [6.07, 6.45) is 1.36. The standard InChI is InChI=1S/C8H7NO2/c1-5-2-8-6(3-7(5)10)9-4-11-8/h2-4,10H,1H3. The number of benzene rings is 1. The summed E-state index contributed by atoms with van der Waals surface area (Å²) < 4.78 is 5.03. The molecular formula is C8H7NO2. The van der Waals surface area contributed by atoms with E-state index < -0.39 is 0 Å². The molecule has 0 radical (unpaired) electrons. The van der Waals surface area contributed by atoms with Gasteiger partial charge >= 0.3 is 0 Å². The zero-order valence-corrected chi connectivity index (χ0v) is 6.03. The van der Waals surface area contributed by atoms with Gasteiger partial charge in [0.05, 0.1) is 0 Å². The van der Waals surface area contributed by atoms with Crippen LogP contribution in [-0.2, 0) is 0 Å². The molecule has 1 aromatic heterocycles. The van der Waals surface area contributed by atoms with Crippen molar-refractivity contribution in [3.63, 3.8) is 0 Å².